The summed E-state index contributed by atoms with van der Waals surface area (Å²) >= 11 is 5.76. The Balaban J connectivity index is 1.97. The second-order valence-corrected chi connectivity index (χ2v) is 6.08. The van der Waals surface area contributed by atoms with E-state index >= 15 is 0 Å². The van der Waals surface area contributed by atoms with E-state index in [9.17, 15) is 19.7 Å². The van der Waals surface area contributed by atoms with E-state index in [4.69, 9.17) is 11.6 Å². The summed E-state index contributed by atoms with van der Waals surface area (Å²) < 4.78 is 1.27. The molecule has 11 heteroatoms. The molecule has 138 valence electrons. The van der Waals surface area contributed by atoms with Gasteiger partial charge in [-0.1, -0.05) is 11.6 Å². The summed E-state index contributed by atoms with van der Waals surface area (Å²) in [6.45, 7) is 3.35. The molecule has 0 spiro atoms. The van der Waals surface area contributed by atoms with Crippen molar-refractivity contribution < 1.29 is 9.72 Å². The lowest BCUT2D eigenvalue weighted by molar-refractivity contribution is -0.384. The molecule has 2 N–H and O–H groups in total. The number of hydrogen-bond donors (Lipinski definition) is 2. The number of carbonyl (C=O) groups is 1. The number of nitrogens with one attached hydrogen (secondary N) is 2. The molecule has 0 bridgehead atoms. The molecule has 27 heavy (non-hydrogen) atoms. The molecule has 1 amide bonds. The highest BCUT2D eigenvalue weighted by molar-refractivity contribution is 6.32. The molecule has 2 aromatic heterocycles. The zero-order valence-corrected chi connectivity index (χ0v) is 14.9. The summed E-state index contributed by atoms with van der Waals surface area (Å²) in [6, 6.07) is 6.62. The first-order valence-electron chi connectivity index (χ1n) is 7.65. The fraction of sp³-hybridized carbons (Fsp3) is 0.125. The molecule has 3 rings (SSSR count). The minimum absolute atomic E-state index is 0.0437. The van der Waals surface area contributed by atoms with Crippen LogP contribution in [-0.4, -0.2) is 30.6 Å². The van der Waals surface area contributed by atoms with Crippen LogP contribution in [0.1, 0.15) is 21.7 Å². The molecule has 2 heterocycles. The first-order chi connectivity index (χ1) is 12.7. The van der Waals surface area contributed by atoms with Gasteiger partial charge in [0.05, 0.1) is 10.6 Å². The van der Waals surface area contributed by atoms with Crippen molar-refractivity contribution in [1.29, 1.82) is 0 Å². The Hall–Kier alpha value is -3.53. The normalized spacial score (nSPS) is 10.6. The van der Waals surface area contributed by atoms with Gasteiger partial charge in [-0.2, -0.15) is 9.78 Å². The molecule has 0 aliphatic rings. The van der Waals surface area contributed by atoms with Gasteiger partial charge in [0, 0.05) is 29.5 Å². The molecule has 1 aromatic carbocycles. The molecule has 0 atom stereocenters. The van der Waals surface area contributed by atoms with E-state index in [0.717, 1.165) is 6.07 Å². The van der Waals surface area contributed by atoms with Crippen molar-refractivity contribution in [3.8, 4) is 5.95 Å². The number of rotatable bonds is 4. The third-order valence-corrected chi connectivity index (χ3v) is 3.86. The van der Waals surface area contributed by atoms with Crippen molar-refractivity contribution in [2.24, 2.45) is 0 Å². The molecule has 0 radical (unpaired) electrons. The van der Waals surface area contributed by atoms with Crippen LogP contribution in [-0.2, 0) is 0 Å². The van der Waals surface area contributed by atoms with Gasteiger partial charge in [0.15, 0.2) is 0 Å². The summed E-state index contributed by atoms with van der Waals surface area (Å²) in [5, 5.41) is 17.7. The third-order valence-electron chi connectivity index (χ3n) is 3.54. The van der Waals surface area contributed by atoms with Crippen LogP contribution in [0.5, 0.6) is 0 Å². The summed E-state index contributed by atoms with van der Waals surface area (Å²) in [5.74, 6) is -0.236. The van der Waals surface area contributed by atoms with E-state index in [0.29, 0.717) is 11.4 Å². The quantitative estimate of drug-likeness (QED) is 0.520. The average Bonchev–Trinajstić information content (AvgIpc) is 2.94. The summed E-state index contributed by atoms with van der Waals surface area (Å²) in [5.41, 5.74) is 0.348. The molecule has 3 aromatic rings. The van der Waals surface area contributed by atoms with Gasteiger partial charge in [-0.3, -0.25) is 24.7 Å². The fourth-order valence-electron chi connectivity index (χ4n) is 2.40. The maximum Gasteiger partial charge on any atom is 0.288 e. The van der Waals surface area contributed by atoms with Crippen molar-refractivity contribution in [3.63, 3.8) is 0 Å². The molecule has 10 nitrogen and oxygen atoms in total. The molecule has 0 saturated heterocycles. The highest BCUT2D eigenvalue weighted by Crippen LogP contribution is 2.25. The third kappa shape index (κ3) is 3.85. The number of halogens is 1. The van der Waals surface area contributed by atoms with Gasteiger partial charge in [-0.05, 0) is 26.0 Å². The topological polar surface area (TPSA) is 136 Å². The van der Waals surface area contributed by atoms with Gasteiger partial charge in [0.2, 0.25) is 5.95 Å². The molecular weight excluding hydrogens is 376 g/mol. The molecule has 0 aliphatic heterocycles. The van der Waals surface area contributed by atoms with E-state index < -0.39 is 10.8 Å². The van der Waals surface area contributed by atoms with Gasteiger partial charge in [0.1, 0.15) is 10.8 Å². The lowest BCUT2D eigenvalue weighted by atomic mass is 10.2. The van der Waals surface area contributed by atoms with Gasteiger partial charge in [-0.15, -0.1) is 0 Å². The van der Waals surface area contributed by atoms with Crippen LogP contribution in [0.2, 0.25) is 5.02 Å². The molecule has 0 saturated carbocycles. The predicted molar refractivity (Wildman–Crippen MR) is 97.5 cm³/mol. The second kappa shape index (κ2) is 7.00. The Morgan fingerprint density at radius 1 is 1.26 bits per heavy atom. The number of hydrogen-bond acceptors (Lipinski definition) is 6. The van der Waals surface area contributed by atoms with Crippen LogP contribution in [0.4, 0.5) is 11.5 Å². The zero-order chi connectivity index (χ0) is 19.7. The predicted octanol–water partition coefficient (Wildman–Crippen LogP) is 2.39. The van der Waals surface area contributed by atoms with E-state index in [1.807, 2.05) is 0 Å². The van der Waals surface area contributed by atoms with E-state index in [2.05, 4.69) is 20.4 Å². The first kappa shape index (κ1) is 18.3. The standard InChI is InChI=1S/C16H13ClN6O4/c1-8-6-14(24)20-16(18-8)22-13(5-9(2)21-22)19-15(25)10-3-4-11(17)12(7-10)23(26)27/h3-7H,1-2H3,(H,19,25)(H,18,20,24). The first-order valence-corrected chi connectivity index (χ1v) is 8.02. The minimum atomic E-state index is -0.672. The van der Waals surface area contributed by atoms with Crippen LogP contribution < -0.4 is 10.9 Å². The summed E-state index contributed by atoms with van der Waals surface area (Å²) in [7, 11) is 0. The van der Waals surface area contributed by atoms with Gasteiger partial charge < -0.3 is 5.32 Å². The van der Waals surface area contributed by atoms with Crippen LogP contribution in [0, 0.1) is 24.0 Å². The fourth-order valence-corrected chi connectivity index (χ4v) is 2.58. The van der Waals surface area contributed by atoms with E-state index in [-0.39, 0.29) is 33.6 Å². The van der Waals surface area contributed by atoms with Crippen LogP contribution in [0.15, 0.2) is 35.1 Å². The number of nitrogens with zero attached hydrogens (tertiary/aromatic N) is 4. The van der Waals surface area contributed by atoms with Crippen LogP contribution >= 0.6 is 11.6 Å². The van der Waals surface area contributed by atoms with Crippen LogP contribution in [0.3, 0.4) is 0 Å². The number of aromatic nitrogens is 4. The number of aromatic amines is 1. The highest BCUT2D eigenvalue weighted by atomic mass is 35.5. The Labute approximate surface area is 157 Å². The van der Waals surface area contributed by atoms with Crippen molar-refractivity contribution in [3.05, 3.63) is 72.8 Å². The summed E-state index contributed by atoms with van der Waals surface area (Å²) in [4.78, 5) is 41.3. The lowest BCUT2D eigenvalue weighted by Gasteiger charge is -2.08. The minimum Gasteiger partial charge on any atom is -0.306 e. The Morgan fingerprint density at radius 3 is 2.67 bits per heavy atom. The van der Waals surface area contributed by atoms with E-state index in [1.54, 1.807) is 19.9 Å². The lowest BCUT2D eigenvalue weighted by Crippen LogP contribution is -2.19. The SMILES string of the molecule is Cc1cc(=O)[nH]c(-n2nc(C)cc2NC(=O)c2ccc(Cl)c([N+](=O)[O-])c2)n1. The number of nitro benzene ring substituents is 1. The monoisotopic (exact) mass is 388 g/mol. The van der Waals surface area contributed by atoms with Crippen molar-refractivity contribution in [1.82, 2.24) is 19.7 Å². The molecule has 0 unspecified atom stereocenters. The van der Waals surface area contributed by atoms with E-state index in [1.165, 1.54) is 22.9 Å². The number of amides is 1. The Morgan fingerprint density at radius 2 is 2.00 bits per heavy atom. The van der Waals surface area contributed by atoms with Gasteiger partial charge in [-0.25, -0.2) is 4.98 Å². The van der Waals surface area contributed by atoms with Crippen LogP contribution in [0.25, 0.3) is 5.95 Å². The van der Waals surface area contributed by atoms with Gasteiger partial charge >= 0.3 is 0 Å². The largest absolute Gasteiger partial charge is 0.306 e. The summed E-state index contributed by atoms with van der Waals surface area (Å²) in [6.07, 6.45) is 0. The Kier molecular flexibility index (Phi) is 4.74. The zero-order valence-electron chi connectivity index (χ0n) is 14.2. The Bertz CT molecular complexity index is 1120. The maximum atomic E-state index is 12.5. The van der Waals surface area contributed by atoms with Crippen molar-refractivity contribution in [2.75, 3.05) is 5.32 Å². The number of H-pyrrole nitrogens is 1. The van der Waals surface area contributed by atoms with Crippen molar-refractivity contribution >= 4 is 29.0 Å². The smallest absolute Gasteiger partial charge is 0.288 e. The molecular formula is C16H13ClN6O4. The average molecular weight is 389 g/mol. The number of anilines is 1. The van der Waals surface area contributed by atoms with Gasteiger partial charge in [0.25, 0.3) is 17.2 Å². The van der Waals surface area contributed by atoms with Crippen molar-refractivity contribution in [2.45, 2.75) is 13.8 Å². The number of benzene rings is 1. The highest BCUT2D eigenvalue weighted by Gasteiger charge is 2.18. The molecule has 0 fully saturated rings. The second-order valence-electron chi connectivity index (χ2n) is 5.67. The molecule has 0 aliphatic carbocycles. The maximum absolute atomic E-state index is 12.5. The number of nitro groups is 1. The number of carbonyl (C=O) groups excluding carboxylic acids is 1. The number of aryl methyl sites for hydroxylation is 2.